The van der Waals surface area contributed by atoms with E-state index in [2.05, 4.69) is 12.2 Å². The monoisotopic (exact) mass is 392 g/mol. The minimum absolute atomic E-state index is 0.0708. The number of ether oxygens (including phenoxy) is 1. The molecule has 2 heterocycles. The largest absolute Gasteiger partial charge is 0.465 e. The average molecular weight is 393 g/mol. The van der Waals surface area contributed by atoms with Crippen molar-refractivity contribution in [1.82, 2.24) is 4.90 Å². The van der Waals surface area contributed by atoms with E-state index in [1.54, 1.807) is 0 Å². The van der Waals surface area contributed by atoms with Gasteiger partial charge in [-0.1, -0.05) is 6.92 Å². The standard InChI is InChI=1S/C20H28N2O4S/c1-11-5-7-15(8-6-11)22-10-14(9-16(22)23)18(24)21-19-17(20(25)26-4)12(2)13(3)27-19/h11,14-15H,5-10H2,1-4H3,(H,21,24). The van der Waals surface area contributed by atoms with Crippen molar-refractivity contribution >= 4 is 34.1 Å². The number of amides is 2. The molecule has 0 radical (unpaired) electrons. The zero-order valence-corrected chi connectivity index (χ0v) is 17.3. The highest BCUT2D eigenvalue weighted by Crippen LogP contribution is 2.35. The number of hydrogen-bond donors (Lipinski definition) is 1. The summed E-state index contributed by atoms with van der Waals surface area (Å²) in [4.78, 5) is 40.2. The van der Waals surface area contributed by atoms with Crippen LogP contribution in [0.25, 0.3) is 0 Å². The molecule has 1 atom stereocenters. The molecular formula is C20H28N2O4S. The Morgan fingerprint density at radius 3 is 2.48 bits per heavy atom. The van der Waals surface area contributed by atoms with Crippen LogP contribution in [0.15, 0.2) is 0 Å². The molecule has 1 saturated heterocycles. The molecule has 0 spiro atoms. The number of anilines is 1. The molecule has 1 saturated carbocycles. The summed E-state index contributed by atoms with van der Waals surface area (Å²) < 4.78 is 4.85. The lowest BCUT2D eigenvalue weighted by Gasteiger charge is -2.33. The van der Waals surface area contributed by atoms with Crippen LogP contribution in [0.3, 0.4) is 0 Å². The third-order valence-electron chi connectivity index (χ3n) is 5.97. The SMILES string of the molecule is COC(=O)c1c(NC(=O)C2CC(=O)N(C3CCC(C)CC3)C2)sc(C)c1C. The fourth-order valence-electron chi connectivity index (χ4n) is 4.09. The van der Waals surface area contributed by atoms with E-state index in [-0.39, 0.29) is 30.2 Å². The van der Waals surface area contributed by atoms with E-state index in [4.69, 9.17) is 4.74 Å². The van der Waals surface area contributed by atoms with Crippen LogP contribution in [0.2, 0.25) is 0 Å². The summed E-state index contributed by atoms with van der Waals surface area (Å²) in [5.74, 6) is -0.222. The lowest BCUT2D eigenvalue weighted by molar-refractivity contribution is -0.130. The van der Waals surface area contributed by atoms with Crippen LogP contribution in [-0.4, -0.2) is 42.4 Å². The van der Waals surface area contributed by atoms with Gasteiger partial charge in [-0.3, -0.25) is 9.59 Å². The highest BCUT2D eigenvalue weighted by atomic mass is 32.1. The summed E-state index contributed by atoms with van der Waals surface area (Å²) in [5, 5.41) is 3.39. The van der Waals surface area contributed by atoms with Crippen molar-refractivity contribution in [3.8, 4) is 0 Å². The van der Waals surface area contributed by atoms with Gasteiger partial charge in [0.15, 0.2) is 0 Å². The zero-order valence-electron chi connectivity index (χ0n) is 16.5. The first-order valence-corrected chi connectivity index (χ1v) is 10.4. The summed E-state index contributed by atoms with van der Waals surface area (Å²) in [6.45, 7) is 6.48. The fraction of sp³-hybridized carbons (Fsp3) is 0.650. The smallest absolute Gasteiger partial charge is 0.341 e. The first-order chi connectivity index (χ1) is 12.8. The molecule has 1 aromatic heterocycles. The highest BCUT2D eigenvalue weighted by molar-refractivity contribution is 7.16. The third-order valence-corrected chi connectivity index (χ3v) is 7.09. The van der Waals surface area contributed by atoms with E-state index >= 15 is 0 Å². The van der Waals surface area contributed by atoms with E-state index in [9.17, 15) is 14.4 Å². The molecule has 1 aromatic rings. The van der Waals surface area contributed by atoms with Gasteiger partial charge in [-0.05, 0) is 51.0 Å². The predicted molar refractivity (Wildman–Crippen MR) is 105 cm³/mol. The number of likely N-dealkylation sites (tertiary alicyclic amines) is 1. The number of carbonyl (C=O) groups excluding carboxylic acids is 3. The molecule has 7 heteroatoms. The summed E-state index contributed by atoms with van der Waals surface area (Å²) in [6, 6.07) is 0.267. The highest BCUT2D eigenvalue weighted by Gasteiger charge is 2.39. The Bertz CT molecular complexity index is 749. The van der Waals surface area contributed by atoms with Crippen LogP contribution < -0.4 is 5.32 Å². The van der Waals surface area contributed by atoms with Crippen molar-refractivity contribution in [2.75, 3.05) is 19.0 Å². The van der Waals surface area contributed by atoms with E-state index in [0.717, 1.165) is 42.0 Å². The molecule has 27 heavy (non-hydrogen) atoms. The van der Waals surface area contributed by atoms with Gasteiger partial charge in [0, 0.05) is 23.9 Å². The van der Waals surface area contributed by atoms with E-state index < -0.39 is 5.97 Å². The molecule has 1 aliphatic heterocycles. The second-order valence-corrected chi connectivity index (χ2v) is 9.05. The lowest BCUT2D eigenvalue weighted by atomic mass is 9.87. The molecule has 0 bridgehead atoms. The van der Waals surface area contributed by atoms with Gasteiger partial charge < -0.3 is 15.0 Å². The summed E-state index contributed by atoms with van der Waals surface area (Å²) >= 11 is 1.37. The fourth-order valence-corrected chi connectivity index (χ4v) is 5.14. The quantitative estimate of drug-likeness (QED) is 0.796. The van der Waals surface area contributed by atoms with Crippen LogP contribution >= 0.6 is 11.3 Å². The molecule has 0 aromatic carbocycles. The number of thiophene rings is 1. The molecule has 2 fully saturated rings. The van der Waals surface area contributed by atoms with Crippen LogP contribution in [0.4, 0.5) is 5.00 Å². The molecule has 2 aliphatic rings. The van der Waals surface area contributed by atoms with Crippen molar-refractivity contribution in [2.24, 2.45) is 11.8 Å². The second-order valence-electron chi connectivity index (χ2n) is 7.83. The van der Waals surface area contributed by atoms with Crippen molar-refractivity contribution in [1.29, 1.82) is 0 Å². The summed E-state index contributed by atoms with van der Waals surface area (Å²) in [5.41, 5.74) is 1.23. The second kappa shape index (κ2) is 8.00. The summed E-state index contributed by atoms with van der Waals surface area (Å²) in [7, 11) is 1.33. The van der Waals surface area contributed by atoms with Gasteiger partial charge in [0.25, 0.3) is 0 Å². The zero-order chi connectivity index (χ0) is 19.7. The number of carbonyl (C=O) groups is 3. The van der Waals surface area contributed by atoms with Gasteiger partial charge in [-0.2, -0.15) is 0 Å². The van der Waals surface area contributed by atoms with Gasteiger partial charge in [0.05, 0.1) is 18.6 Å². The number of esters is 1. The number of rotatable bonds is 4. The molecule has 2 amide bonds. The minimum atomic E-state index is -0.451. The number of aryl methyl sites for hydroxylation is 1. The topological polar surface area (TPSA) is 75.7 Å². The Morgan fingerprint density at radius 1 is 1.19 bits per heavy atom. The Morgan fingerprint density at radius 2 is 1.85 bits per heavy atom. The maximum Gasteiger partial charge on any atom is 0.341 e. The minimum Gasteiger partial charge on any atom is -0.465 e. The molecule has 1 N–H and O–H groups in total. The van der Waals surface area contributed by atoms with Crippen LogP contribution in [0, 0.1) is 25.7 Å². The first kappa shape index (κ1) is 19.9. The Hall–Kier alpha value is -1.89. The molecule has 3 rings (SSSR count). The van der Waals surface area contributed by atoms with Crippen molar-refractivity contribution in [2.45, 2.75) is 58.9 Å². The number of hydrogen-bond acceptors (Lipinski definition) is 5. The average Bonchev–Trinajstić information content (AvgIpc) is 3.15. The first-order valence-electron chi connectivity index (χ1n) is 9.60. The Kier molecular flexibility index (Phi) is 5.89. The van der Waals surface area contributed by atoms with Gasteiger partial charge in [-0.15, -0.1) is 11.3 Å². The van der Waals surface area contributed by atoms with Gasteiger partial charge >= 0.3 is 5.97 Å². The molecular weight excluding hydrogens is 364 g/mol. The molecule has 1 aliphatic carbocycles. The van der Waals surface area contributed by atoms with Gasteiger partial charge in [0.1, 0.15) is 5.00 Å². The number of nitrogens with one attached hydrogen (secondary N) is 1. The molecule has 6 nitrogen and oxygen atoms in total. The Labute approximate surface area is 164 Å². The lowest BCUT2D eigenvalue weighted by Crippen LogP contribution is -2.39. The van der Waals surface area contributed by atoms with Crippen molar-refractivity contribution < 1.29 is 19.1 Å². The van der Waals surface area contributed by atoms with Crippen LogP contribution in [0.1, 0.15) is 59.8 Å². The maximum atomic E-state index is 12.8. The van der Waals surface area contributed by atoms with Crippen LogP contribution in [-0.2, 0) is 14.3 Å². The Balaban J connectivity index is 1.68. The van der Waals surface area contributed by atoms with Crippen LogP contribution in [0.5, 0.6) is 0 Å². The molecule has 148 valence electrons. The third kappa shape index (κ3) is 4.03. The van der Waals surface area contributed by atoms with E-state index in [0.29, 0.717) is 17.1 Å². The number of nitrogens with zero attached hydrogens (tertiary/aromatic N) is 1. The van der Waals surface area contributed by atoms with Crippen molar-refractivity contribution in [3.05, 3.63) is 16.0 Å². The number of methoxy groups -OCH3 is 1. The predicted octanol–water partition coefficient (Wildman–Crippen LogP) is 3.52. The normalized spacial score (nSPS) is 25.6. The van der Waals surface area contributed by atoms with Gasteiger partial charge in [0.2, 0.25) is 11.8 Å². The van der Waals surface area contributed by atoms with E-state index in [1.807, 2.05) is 18.7 Å². The van der Waals surface area contributed by atoms with Crippen molar-refractivity contribution in [3.63, 3.8) is 0 Å². The molecule has 1 unspecified atom stereocenters. The maximum absolute atomic E-state index is 12.8. The summed E-state index contributed by atoms with van der Waals surface area (Å²) in [6.07, 6.45) is 4.58. The van der Waals surface area contributed by atoms with E-state index in [1.165, 1.54) is 18.4 Å². The van der Waals surface area contributed by atoms with Gasteiger partial charge in [-0.25, -0.2) is 4.79 Å².